The molecule has 8 heteroatoms. The average Bonchev–Trinajstić information content (AvgIpc) is 2.26. The van der Waals surface area contributed by atoms with E-state index in [4.69, 9.17) is 27.8 Å². The monoisotopic (exact) mass is 313 g/mol. The lowest BCUT2D eigenvalue weighted by Crippen LogP contribution is -2.27. The first-order chi connectivity index (χ1) is 8.40. The molecule has 0 amide bonds. The molecule has 1 aromatic carbocycles. The summed E-state index contributed by atoms with van der Waals surface area (Å²) >= 11 is 8.49. The molecule has 0 radical (unpaired) electrons. The fourth-order valence-electron chi connectivity index (χ4n) is 1.40. The molecule has 1 N–H and O–H groups in total. The molecule has 0 aliphatic rings. The van der Waals surface area contributed by atoms with E-state index in [1.54, 1.807) is 6.92 Å². The van der Waals surface area contributed by atoms with Gasteiger partial charge in [-0.1, -0.05) is 18.5 Å². The van der Waals surface area contributed by atoms with E-state index >= 15 is 0 Å². The molecule has 0 aliphatic carbocycles. The third-order valence-electron chi connectivity index (χ3n) is 2.15. The number of nitrogens with zero attached hydrogens (tertiary/aromatic N) is 1. The summed E-state index contributed by atoms with van der Waals surface area (Å²) in [5.74, 6) is -1.00. The number of benzene rings is 1. The lowest BCUT2D eigenvalue weighted by molar-refractivity contribution is 0.107. The molecule has 0 spiro atoms. The van der Waals surface area contributed by atoms with Gasteiger partial charge in [0, 0.05) is 6.54 Å². The van der Waals surface area contributed by atoms with Gasteiger partial charge in [-0.2, -0.15) is 0 Å². The first-order valence-electron chi connectivity index (χ1n) is 4.96. The summed E-state index contributed by atoms with van der Waals surface area (Å²) in [7, 11) is 0. The van der Waals surface area contributed by atoms with Crippen molar-refractivity contribution >= 4 is 45.4 Å². The molecular weight excluding hydrogens is 304 g/mol. The van der Waals surface area contributed by atoms with Gasteiger partial charge < -0.3 is 0 Å². The highest BCUT2D eigenvalue weighted by molar-refractivity contribution is 7.80. The summed E-state index contributed by atoms with van der Waals surface area (Å²) in [6.07, 6.45) is 0.526. The van der Waals surface area contributed by atoms with E-state index < -0.39 is 27.9 Å². The highest BCUT2D eigenvalue weighted by atomic mass is 35.5. The standard InChI is InChI=1S/C10H10Cl2FNO3S/c1-2-5-14(18(16)17)7-4-3-6(11)8(9(7)13)10(12)15/h3-4H,2,5H2,1H3,(H,16,17). The number of rotatable bonds is 5. The molecule has 0 fully saturated rings. The smallest absolute Gasteiger partial charge is 0.261 e. The summed E-state index contributed by atoms with van der Waals surface area (Å²) in [6.45, 7) is 1.92. The fraction of sp³-hybridized carbons (Fsp3) is 0.300. The van der Waals surface area contributed by atoms with E-state index in [0.717, 1.165) is 4.31 Å². The number of carbonyl (C=O) groups excluding carboxylic acids is 1. The van der Waals surface area contributed by atoms with Gasteiger partial charge in [-0.3, -0.25) is 13.7 Å². The lowest BCUT2D eigenvalue weighted by Gasteiger charge is -2.20. The highest BCUT2D eigenvalue weighted by Gasteiger charge is 2.23. The van der Waals surface area contributed by atoms with Crippen LogP contribution in [0.3, 0.4) is 0 Å². The summed E-state index contributed by atoms with van der Waals surface area (Å²) in [5, 5.41) is -1.20. The van der Waals surface area contributed by atoms with Crippen molar-refractivity contribution in [2.45, 2.75) is 13.3 Å². The third kappa shape index (κ3) is 3.20. The van der Waals surface area contributed by atoms with Crippen LogP contribution in [0.2, 0.25) is 5.02 Å². The zero-order valence-corrected chi connectivity index (χ0v) is 11.7. The Hall–Kier alpha value is -0.690. The maximum atomic E-state index is 14.0. The maximum absolute atomic E-state index is 14.0. The van der Waals surface area contributed by atoms with E-state index in [2.05, 4.69) is 0 Å². The molecule has 0 aromatic heterocycles. The second-order valence-corrected chi connectivity index (χ2v) is 5.01. The number of anilines is 1. The SMILES string of the molecule is CCCN(c1ccc(Cl)c(C(=O)Cl)c1F)S(=O)O. The zero-order chi connectivity index (χ0) is 13.9. The van der Waals surface area contributed by atoms with Crippen LogP contribution in [-0.4, -0.2) is 20.5 Å². The Morgan fingerprint density at radius 2 is 2.17 bits per heavy atom. The third-order valence-corrected chi connectivity index (χ3v) is 3.41. The van der Waals surface area contributed by atoms with E-state index in [1.807, 2.05) is 0 Å². The van der Waals surface area contributed by atoms with Crippen molar-refractivity contribution < 1.29 is 17.9 Å². The van der Waals surface area contributed by atoms with Gasteiger partial charge in [0.25, 0.3) is 16.5 Å². The van der Waals surface area contributed by atoms with Crippen LogP contribution >= 0.6 is 23.2 Å². The van der Waals surface area contributed by atoms with Gasteiger partial charge in [0.2, 0.25) is 0 Å². The predicted molar refractivity (Wildman–Crippen MR) is 70.0 cm³/mol. The normalized spacial score (nSPS) is 12.3. The molecule has 4 nitrogen and oxygen atoms in total. The van der Waals surface area contributed by atoms with Crippen molar-refractivity contribution in [3.63, 3.8) is 0 Å². The van der Waals surface area contributed by atoms with Crippen molar-refractivity contribution in [3.8, 4) is 0 Å². The van der Waals surface area contributed by atoms with Gasteiger partial charge in [-0.05, 0) is 30.2 Å². The van der Waals surface area contributed by atoms with Crippen molar-refractivity contribution in [1.29, 1.82) is 0 Å². The van der Waals surface area contributed by atoms with Crippen molar-refractivity contribution in [2.75, 3.05) is 10.8 Å². The van der Waals surface area contributed by atoms with Crippen LogP contribution < -0.4 is 4.31 Å². The van der Waals surface area contributed by atoms with Crippen LogP contribution in [0, 0.1) is 5.82 Å². The van der Waals surface area contributed by atoms with E-state index in [1.165, 1.54) is 12.1 Å². The number of halogens is 3. The molecule has 0 heterocycles. The Labute approximate surface area is 116 Å². The molecular formula is C10H10Cl2FNO3S. The van der Waals surface area contributed by atoms with Crippen LogP contribution in [0.1, 0.15) is 23.7 Å². The molecule has 0 aliphatic heterocycles. The van der Waals surface area contributed by atoms with Gasteiger partial charge >= 0.3 is 0 Å². The molecule has 0 bridgehead atoms. The lowest BCUT2D eigenvalue weighted by atomic mass is 10.2. The minimum atomic E-state index is -2.40. The second-order valence-electron chi connectivity index (χ2n) is 3.36. The van der Waals surface area contributed by atoms with Gasteiger partial charge in [0.15, 0.2) is 5.82 Å². The molecule has 0 saturated heterocycles. The Morgan fingerprint density at radius 1 is 1.56 bits per heavy atom. The number of carbonyl (C=O) groups is 1. The molecule has 1 rings (SSSR count). The Morgan fingerprint density at radius 3 is 2.61 bits per heavy atom. The van der Waals surface area contributed by atoms with Crippen molar-refractivity contribution in [3.05, 3.63) is 28.5 Å². The molecule has 1 aromatic rings. The quantitative estimate of drug-likeness (QED) is 0.670. The van der Waals surface area contributed by atoms with E-state index in [0.29, 0.717) is 6.42 Å². The summed E-state index contributed by atoms with van der Waals surface area (Å²) in [5.41, 5.74) is -0.687. The van der Waals surface area contributed by atoms with Gasteiger partial charge in [0.1, 0.15) is 0 Å². The summed E-state index contributed by atoms with van der Waals surface area (Å²) < 4.78 is 35.2. The number of hydrogen-bond acceptors (Lipinski definition) is 2. The highest BCUT2D eigenvalue weighted by Crippen LogP contribution is 2.30. The predicted octanol–water partition coefficient (Wildman–Crippen LogP) is 3.21. The first kappa shape index (κ1) is 15.4. The topological polar surface area (TPSA) is 57.6 Å². The summed E-state index contributed by atoms with van der Waals surface area (Å²) in [4.78, 5) is 11.1. The van der Waals surface area contributed by atoms with Gasteiger partial charge in [-0.25, -0.2) is 8.60 Å². The van der Waals surface area contributed by atoms with Crippen LogP contribution in [0.25, 0.3) is 0 Å². The Balaban J connectivity index is 3.37. The minimum absolute atomic E-state index is 0.142. The van der Waals surface area contributed by atoms with Crippen LogP contribution in [0.4, 0.5) is 10.1 Å². The van der Waals surface area contributed by atoms with E-state index in [-0.39, 0.29) is 17.3 Å². The van der Waals surface area contributed by atoms with Crippen molar-refractivity contribution in [1.82, 2.24) is 0 Å². The largest absolute Gasteiger partial charge is 0.289 e. The van der Waals surface area contributed by atoms with Gasteiger partial charge in [0.05, 0.1) is 16.3 Å². The maximum Gasteiger partial charge on any atom is 0.261 e. The molecule has 18 heavy (non-hydrogen) atoms. The molecule has 1 atom stereocenters. The second kappa shape index (κ2) is 6.47. The van der Waals surface area contributed by atoms with Crippen LogP contribution in [0.15, 0.2) is 12.1 Å². The zero-order valence-electron chi connectivity index (χ0n) is 9.32. The Kier molecular flexibility index (Phi) is 5.52. The van der Waals surface area contributed by atoms with E-state index in [9.17, 15) is 13.4 Å². The molecule has 0 saturated carbocycles. The minimum Gasteiger partial charge on any atom is -0.289 e. The molecule has 1 unspecified atom stereocenters. The fourth-order valence-corrected chi connectivity index (χ4v) is 2.51. The van der Waals surface area contributed by atoms with Crippen LogP contribution in [-0.2, 0) is 11.3 Å². The summed E-state index contributed by atoms with van der Waals surface area (Å²) in [6, 6.07) is 2.48. The number of hydrogen-bond donors (Lipinski definition) is 1. The van der Waals surface area contributed by atoms with Crippen molar-refractivity contribution in [2.24, 2.45) is 0 Å². The first-order valence-corrected chi connectivity index (χ1v) is 6.78. The average molecular weight is 314 g/mol. The van der Waals surface area contributed by atoms with Gasteiger partial charge in [-0.15, -0.1) is 0 Å². The molecule has 100 valence electrons. The van der Waals surface area contributed by atoms with Crippen LogP contribution in [0.5, 0.6) is 0 Å². The Bertz CT molecular complexity index is 498.